The second-order valence-corrected chi connectivity index (χ2v) is 6.47. The van der Waals surface area contributed by atoms with Gasteiger partial charge >= 0.3 is 5.97 Å². The number of thiophene rings is 1. The summed E-state index contributed by atoms with van der Waals surface area (Å²) in [6.07, 6.45) is 0.139. The van der Waals surface area contributed by atoms with E-state index in [9.17, 15) is 9.59 Å². The van der Waals surface area contributed by atoms with Crippen LogP contribution in [0.1, 0.15) is 31.2 Å². The summed E-state index contributed by atoms with van der Waals surface area (Å²) in [5.74, 6) is -0.270. The predicted octanol–water partition coefficient (Wildman–Crippen LogP) is 2.89. The number of carbonyl (C=O) groups excluding carboxylic acids is 2. The van der Waals surface area contributed by atoms with Crippen LogP contribution in [0.25, 0.3) is 0 Å². The predicted molar refractivity (Wildman–Crippen MR) is 79.4 cm³/mol. The van der Waals surface area contributed by atoms with Gasteiger partial charge in [0.15, 0.2) is 0 Å². The fourth-order valence-electron chi connectivity index (χ4n) is 1.52. The van der Waals surface area contributed by atoms with Crippen molar-refractivity contribution >= 4 is 39.1 Å². The molecule has 1 amide bonds. The van der Waals surface area contributed by atoms with Crippen LogP contribution in [0, 0.1) is 5.92 Å². The van der Waals surface area contributed by atoms with Gasteiger partial charge in [0, 0.05) is 4.88 Å². The van der Waals surface area contributed by atoms with E-state index in [4.69, 9.17) is 0 Å². The molecular weight excluding hydrogens is 330 g/mol. The van der Waals surface area contributed by atoms with E-state index in [-0.39, 0.29) is 35.1 Å². The molecule has 0 aromatic carbocycles. The van der Waals surface area contributed by atoms with Gasteiger partial charge in [-0.05, 0) is 17.4 Å². The fourth-order valence-corrected chi connectivity index (χ4v) is 2.43. The second kappa shape index (κ2) is 7.65. The number of ether oxygens (including phenoxy) is 1. The molecule has 0 aliphatic carbocycles. The summed E-state index contributed by atoms with van der Waals surface area (Å²) in [5.41, 5.74) is 0. The number of hydrogen-bond acceptors (Lipinski definition) is 4. The average Bonchev–Trinajstić information content (AvgIpc) is 2.90. The Morgan fingerprint density at radius 2 is 2.16 bits per heavy atom. The van der Waals surface area contributed by atoms with Gasteiger partial charge in [-0.25, -0.2) is 0 Å². The number of methoxy groups -OCH3 is 1. The normalized spacial score (nSPS) is 13.9. The molecule has 0 saturated heterocycles. The molecule has 106 valence electrons. The summed E-state index contributed by atoms with van der Waals surface area (Å²) >= 11 is 4.87. The van der Waals surface area contributed by atoms with Crippen molar-refractivity contribution in [3.63, 3.8) is 0 Å². The molecule has 1 N–H and O–H groups in total. The first kappa shape index (κ1) is 16.2. The van der Waals surface area contributed by atoms with Crippen molar-refractivity contribution in [3.05, 3.63) is 22.4 Å². The van der Waals surface area contributed by atoms with Crippen molar-refractivity contribution in [1.82, 2.24) is 5.32 Å². The highest BCUT2D eigenvalue weighted by Gasteiger charge is 2.24. The molecule has 1 heterocycles. The van der Waals surface area contributed by atoms with E-state index in [1.165, 1.54) is 18.4 Å². The Morgan fingerprint density at radius 3 is 2.63 bits per heavy atom. The summed E-state index contributed by atoms with van der Waals surface area (Å²) < 4.78 is 4.67. The molecule has 4 nitrogen and oxygen atoms in total. The first-order chi connectivity index (χ1) is 8.95. The zero-order valence-corrected chi connectivity index (χ0v) is 13.6. The molecule has 0 spiro atoms. The molecule has 0 fully saturated rings. The molecule has 0 radical (unpaired) electrons. The molecular formula is C13H18BrNO3S. The summed E-state index contributed by atoms with van der Waals surface area (Å²) in [7, 11) is 1.34. The minimum Gasteiger partial charge on any atom is -0.469 e. The van der Waals surface area contributed by atoms with E-state index in [1.807, 2.05) is 31.4 Å². The van der Waals surface area contributed by atoms with Crippen LogP contribution in [0.3, 0.4) is 0 Å². The molecule has 0 aliphatic heterocycles. The first-order valence-electron chi connectivity index (χ1n) is 6.00. The minimum absolute atomic E-state index is 0.114. The van der Waals surface area contributed by atoms with Gasteiger partial charge in [-0.1, -0.05) is 35.8 Å². The molecule has 6 heteroatoms. The molecule has 0 bridgehead atoms. The summed E-state index contributed by atoms with van der Waals surface area (Å²) in [6, 6.07) is 3.46. The lowest BCUT2D eigenvalue weighted by Crippen LogP contribution is -2.37. The average molecular weight is 348 g/mol. The van der Waals surface area contributed by atoms with E-state index in [2.05, 4.69) is 26.0 Å². The van der Waals surface area contributed by atoms with Crippen LogP contribution in [0.5, 0.6) is 0 Å². The van der Waals surface area contributed by atoms with Gasteiger partial charge in [-0.3, -0.25) is 9.59 Å². The monoisotopic (exact) mass is 347 g/mol. The highest BCUT2D eigenvalue weighted by Crippen LogP contribution is 2.23. The molecule has 2 atom stereocenters. The fraction of sp³-hybridized carbons (Fsp3) is 0.538. The Kier molecular flexibility index (Phi) is 6.51. The summed E-state index contributed by atoms with van der Waals surface area (Å²) in [4.78, 5) is 24.2. The van der Waals surface area contributed by atoms with Gasteiger partial charge in [0.05, 0.1) is 24.4 Å². The van der Waals surface area contributed by atoms with Crippen molar-refractivity contribution < 1.29 is 14.3 Å². The number of hydrogen-bond donors (Lipinski definition) is 1. The van der Waals surface area contributed by atoms with Crippen LogP contribution in [0.15, 0.2) is 17.5 Å². The Hall–Kier alpha value is -0.880. The van der Waals surface area contributed by atoms with Gasteiger partial charge in [-0.2, -0.15) is 0 Å². The van der Waals surface area contributed by atoms with Crippen molar-refractivity contribution in [2.24, 2.45) is 5.92 Å². The van der Waals surface area contributed by atoms with Crippen LogP contribution in [-0.2, 0) is 14.3 Å². The zero-order chi connectivity index (χ0) is 14.4. The minimum atomic E-state index is -0.339. The van der Waals surface area contributed by atoms with E-state index in [0.717, 1.165) is 4.88 Å². The molecule has 0 saturated carbocycles. The number of rotatable bonds is 6. The number of halogens is 1. The Bertz CT molecular complexity index is 420. The maximum atomic E-state index is 12.1. The molecule has 19 heavy (non-hydrogen) atoms. The molecule has 1 aromatic heterocycles. The van der Waals surface area contributed by atoms with Crippen LogP contribution in [0.4, 0.5) is 0 Å². The SMILES string of the molecule is COC(=O)CC(NC(=O)C(Br)C(C)C)c1cccs1. The third-order valence-electron chi connectivity index (χ3n) is 2.64. The number of amides is 1. The highest BCUT2D eigenvalue weighted by molar-refractivity contribution is 9.10. The number of carbonyl (C=O) groups is 2. The lowest BCUT2D eigenvalue weighted by Gasteiger charge is -2.20. The van der Waals surface area contributed by atoms with E-state index >= 15 is 0 Å². The van der Waals surface area contributed by atoms with Gasteiger partial charge in [-0.15, -0.1) is 11.3 Å². The van der Waals surface area contributed by atoms with Crippen LogP contribution < -0.4 is 5.32 Å². The van der Waals surface area contributed by atoms with E-state index in [0.29, 0.717) is 0 Å². The Morgan fingerprint density at radius 1 is 1.47 bits per heavy atom. The standard InChI is InChI=1S/C13H18BrNO3S/c1-8(2)12(14)13(17)15-9(7-11(16)18-3)10-5-4-6-19-10/h4-6,8-9,12H,7H2,1-3H3,(H,15,17). The third kappa shape index (κ3) is 4.95. The highest BCUT2D eigenvalue weighted by atomic mass is 79.9. The first-order valence-corrected chi connectivity index (χ1v) is 7.80. The summed E-state index contributed by atoms with van der Waals surface area (Å²) in [6.45, 7) is 3.92. The van der Waals surface area contributed by atoms with Crippen molar-refractivity contribution in [2.45, 2.75) is 31.1 Å². The molecule has 2 unspecified atom stereocenters. The van der Waals surface area contributed by atoms with E-state index in [1.54, 1.807) is 0 Å². The van der Waals surface area contributed by atoms with Crippen molar-refractivity contribution in [1.29, 1.82) is 0 Å². The summed E-state index contributed by atoms with van der Waals surface area (Å²) in [5, 5.41) is 4.81. The topological polar surface area (TPSA) is 55.4 Å². The van der Waals surface area contributed by atoms with Crippen LogP contribution >= 0.6 is 27.3 Å². The maximum Gasteiger partial charge on any atom is 0.307 e. The third-order valence-corrected chi connectivity index (χ3v) is 5.10. The molecule has 0 aliphatic rings. The number of nitrogens with one attached hydrogen (secondary N) is 1. The van der Waals surface area contributed by atoms with Gasteiger partial charge in [0.1, 0.15) is 0 Å². The lowest BCUT2D eigenvalue weighted by molar-refractivity contribution is -0.141. The number of alkyl halides is 1. The molecule has 1 rings (SSSR count). The van der Waals surface area contributed by atoms with Gasteiger partial charge < -0.3 is 10.1 Å². The zero-order valence-electron chi connectivity index (χ0n) is 11.2. The Labute approximate surface area is 125 Å². The Balaban J connectivity index is 2.75. The molecule has 1 aromatic rings. The van der Waals surface area contributed by atoms with Crippen molar-refractivity contribution in [3.8, 4) is 0 Å². The smallest absolute Gasteiger partial charge is 0.307 e. The second-order valence-electron chi connectivity index (χ2n) is 4.50. The maximum absolute atomic E-state index is 12.1. The van der Waals surface area contributed by atoms with Crippen LogP contribution in [-0.4, -0.2) is 23.8 Å². The van der Waals surface area contributed by atoms with Gasteiger partial charge in [0.25, 0.3) is 0 Å². The largest absolute Gasteiger partial charge is 0.469 e. The van der Waals surface area contributed by atoms with Crippen LogP contribution in [0.2, 0.25) is 0 Å². The van der Waals surface area contributed by atoms with E-state index < -0.39 is 0 Å². The van der Waals surface area contributed by atoms with Crippen molar-refractivity contribution in [2.75, 3.05) is 7.11 Å². The lowest BCUT2D eigenvalue weighted by atomic mass is 10.1. The number of esters is 1. The quantitative estimate of drug-likeness (QED) is 0.635. The van der Waals surface area contributed by atoms with Gasteiger partial charge in [0.2, 0.25) is 5.91 Å².